The molecular weight excluding hydrogens is 238 g/mol. The minimum absolute atomic E-state index is 0.519. The maximum Gasteiger partial charge on any atom is 0.191 e. The topological polar surface area (TPSA) is 56.7 Å². The second-order valence-electron chi connectivity index (χ2n) is 5.69. The summed E-state index contributed by atoms with van der Waals surface area (Å²) in [7, 11) is 0. The quantitative estimate of drug-likeness (QED) is 0.491. The monoisotopic (exact) mass is 269 g/mol. The van der Waals surface area contributed by atoms with E-state index >= 15 is 0 Å². The Morgan fingerprint density at radius 1 is 1.16 bits per heavy atom. The van der Waals surface area contributed by atoms with Crippen molar-refractivity contribution in [3.05, 3.63) is 0 Å². The lowest BCUT2D eigenvalue weighted by atomic mass is 10.0. The Kier molecular flexibility index (Phi) is 7.21. The van der Waals surface area contributed by atoms with Crippen molar-refractivity contribution in [3.8, 4) is 0 Å². The molecule has 112 valence electrons. The van der Waals surface area contributed by atoms with Crippen LogP contribution in [-0.4, -0.2) is 36.3 Å². The summed E-state index contributed by atoms with van der Waals surface area (Å²) in [6.07, 6.45) is 6.41. The number of aliphatic hydroxyl groups is 1. The number of aliphatic imine (C=N–C) groups is 1. The van der Waals surface area contributed by atoms with Gasteiger partial charge in [0.15, 0.2) is 5.96 Å². The van der Waals surface area contributed by atoms with Crippen LogP contribution in [-0.2, 0) is 0 Å². The van der Waals surface area contributed by atoms with Gasteiger partial charge in [0.1, 0.15) is 0 Å². The van der Waals surface area contributed by atoms with Crippen LogP contribution in [0.2, 0.25) is 0 Å². The summed E-state index contributed by atoms with van der Waals surface area (Å²) in [5, 5.41) is 17.0. The summed E-state index contributed by atoms with van der Waals surface area (Å²) in [5.74, 6) is 1.54. The van der Waals surface area contributed by atoms with Gasteiger partial charge in [-0.05, 0) is 25.7 Å². The van der Waals surface area contributed by atoms with Crippen molar-refractivity contribution in [3.63, 3.8) is 0 Å². The molecule has 0 spiro atoms. The predicted molar refractivity (Wildman–Crippen MR) is 81.5 cm³/mol. The maximum absolute atomic E-state index is 10.3. The van der Waals surface area contributed by atoms with Gasteiger partial charge in [0.25, 0.3) is 0 Å². The molecule has 0 bridgehead atoms. The number of nitrogens with zero attached hydrogens (tertiary/aromatic N) is 1. The van der Waals surface area contributed by atoms with Crippen LogP contribution >= 0.6 is 0 Å². The Hall–Kier alpha value is -0.770. The second kappa shape index (κ2) is 8.41. The van der Waals surface area contributed by atoms with Crippen LogP contribution in [0.1, 0.15) is 59.3 Å². The summed E-state index contributed by atoms with van der Waals surface area (Å²) >= 11 is 0. The van der Waals surface area contributed by atoms with Gasteiger partial charge in [0, 0.05) is 13.1 Å². The molecule has 4 nitrogen and oxygen atoms in total. The fraction of sp³-hybridized carbons (Fsp3) is 0.933. The zero-order valence-corrected chi connectivity index (χ0v) is 12.8. The average Bonchev–Trinajstić information content (AvgIpc) is 2.84. The second-order valence-corrected chi connectivity index (χ2v) is 5.69. The number of hydrogen-bond donors (Lipinski definition) is 3. The zero-order chi connectivity index (χ0) is 14.1. The molecule has 0 heterocycles. The van der Waals surface area contributed by atoms with Gasteiger partial charge in [-0.2, -0.15) is 0 Å². The highest BCUT2D eigenvalue weighted by Crippen LogP contribution is 2.29. The molecule has 0 aliphatic heterocycles. The minimum Gasteiger partial charge on any atom is -0.388 e. The molecule has 19 heavy (non-hydrogen) atoms. The van der Waals surface area contributed by atoms with Gasteiger partial charge in [-0.1, -0.05) is 39.5 Å². The van der Waals surface area contributed by atoms with Crippen molar-refractivity contribution in [2.24, 2.45) is 10.9 Å². The summed E-state index contributed by atoms with van der Waals surface area (Å²) in [6.45, 7) is 8.84. The lowest BCUT2D eigenvalue weighted by Gasteiger charge is -2.21. The van der Waals surface area contributed by atoms with Gasteiger partial charge in [0.2, 0.25) is 0 Å². The normalized spacial score (nSPS) is 18.9. The van der Waals surface area contributed by atoms with Crippen molar-refractivity contribution in [1.82, 2.24) is 10.6 Å². The van der Waals surface area contributed by atoms with Gasteiger partial charge < -0.3 is 15.7 Å². The molecule has 0 aromatic rings. The van der Waals surface area contributed by atoms with Crippen LogP contribution in [0.15, 0.2) is 4.99 Å². The summed E-state index contributed by atoms with van der Waals surface area (Å²) in [4.78, 5) is 4.55. The van der Waals surface area contributed by atoms with Crippen LogP contribution in [0.3, 0.4) is 0 Å². The average molecular weight is 269 g/mol. The number of guanidine groups is 1. The van der Waals surface area contributed by atoms with E-state index < -0.39 is 5.60 Å². The Morgan fingerprint density at radius 3 is 2.32 bits per heavy atom. The van der Waals surface area contributed by atoms with E-state index in [0.717, 1.165) is 44.7 Å². The molecule has 1 saturated carbocycles. The van der Waals surface area contributed by atoms with Crippen LogP contribution < -0.4 is 10.6 Å². The third kappa shape index (κ3) is 5.81. The molecule has 0 aromatic heterocycles. The van der Waals surface area contributed by atoms with E-state index in [2.05, 4.69) is 36.4 Å². The number of nitrogens with one attached hydrogen (secondary N) is 2. The molecule has 0 unspecified atom stereocenters. The molecule has 0 atom stereocenters. The molecule has 0 amide bonds. The first kappa shape index (κ1) is 16.3. The Bertz CT molecular complexity index is 269. The van der Waals surface area contributed by atoms with Crippen LogP contribution in [0, 0.1) is 5.92 Å². The Labute approximate surface area is 118 Å². The van der Waals surface area contributed by atoms with Crippen molar-refractivity contribution in [2.45, 2.75) is 64.9 Å². The minimum atomic E-state index is -0.558. The highest BCUT2D eigenvalue weighted by Gasteiger charge is 2.30. The standard InChI is InChI=1S/C15H31N3O/c1-4-13(5-2)11-17-14(16-6-3)18-12-15(19)9-7-8-10-15/h13,19H,4-12H2,1-3H3,(H2,16,17,18). The lowest BCUT2D eigenvalue weighted by Crippen LogP contribution is -2.41. The molecule has 1 rings (SSSR count). The molecule has 0 aromatic carbocycles. The van der Waals surface area contributed by atoms with Gasteiger partial charge in [-0.3, -0.25) is 4.99 Å². The molecular formula is C15H31N3O. The molecule has 0 saturated heterocycles. The van der Waals surface area contributed by atoms with Crippen molar-refractivity contribution in [1.29, 1.82) is 0 Å². The Morgan fingerprint density at radius 2 is 1.79 bits per heavy atom. The molecule has 1 aliphatic carbocycles. The first-order valence-electron chi connectivity index (χ1n) is 7.88. The van der Waals surface area contributed by atoms with Gasteiger partial charge >= 0.3 is 0 Å². The molecule has 1 fully saturated rings. The van der Waals surface area contributed by atoms with Gasteiger partial charge in [-0.15, -0.1) is 0 Å². The number of rotatable bonds is 7. The lowest BCUT2D eigenvalue weighted by molar-refractivity contribution is 0.0574. The van der Waals surface area contributed by atoms with Gasteiger partial charge in [-0.25, -0.2) is 0 Å². The Balaban J connectivity index is 2.45. The highest BCUT2D eigenvalue weighted by atomic mass is 16.3. The molecule has 0 radical (unpaired) electrons. The maximum atomic E-state index is 10.3. The van der Waals surface area contributed by atoms with Crippen LogP contribution in [0.5, 0.6) is 0 Å². The van der Waals surface area contributed by atoms with Crippen molar-refractivity contribution in [2.75, 3.05) is 19.6 Å². The first-order valence-corrected chi connectivity index (χ1v) is 7.88. The SMILES string of the molecule is CCNC(=NCC1(O)CCCC1)NCC(CC)CC. The van der Waals surface area contributed by atoms with Crippen LogP contribution in [0.25, 0.3) is 0 Å². The fourth-order valence-corrected chi connectivity index (χ4v) is 2.58. The van der Waals surface area contributed by atoms with E-state index in [1.165, 1.54) is 12.8 Å². The summed E-state index contributed by atoms with van der Waals surface area (Å²) < 4.78 is 0. The van der Waals surface area contributed by atoms with Gasteiger partial charge in [0.05, 0.1) is 12.1 Å². The molecule has 3 N–H and O–H groups in total. The fourth-order valence-electron chi connectivity index (χ4n) is 2.58. The third-order valence-electron chi connectivity index (χ3n) is 4.12. The molecule has 4 heteroatoms. The predicted octanol–water partition coefficient (Wildman–Crippen LogP) is 2.28. The molecule has 1 aliphatic rings. The largest absolute Gasteiger partial charge is 0.388 e. The van der Waals surface area contributed by atoms with Crippen molar-refractivity contribution < 1.29 is 5.11 Å². The zero-order valence-electron chi connectivity index (χ0n) is 12.8. The van der Waals surface area contributed by atoms with E-state index in [1.807, 2.05) is 0 Å². The summed E-state index contributed by atoms with van der Waals surface area (Å²) in [5.41, 5.74) is -0.558. The van der Waals surface area contributed by atoms with E-state index in [-0.39, 0.29) is 0 Å². The first-order chi connectivity index (χ1) is 9.13. The van der Waals surface area contributed by atoms with E-state index in [0.29, 0.717) is 12.5 Å². The summed E-state index contributed by atoms with van der Waals surface area (Å²) in [6, 6.07) is 0. The highest BCUT2D eigenvalue weighted by molar-refractivity contribution is 5.79. The van der Waals surface area contributed by atoms with E-state index in [1.54, 1.807) is 0 Å². The number of hydrogen-bond acceptors (Lipinski definition) is 2. The van der Waals surface area contributed by atoms with Crippen LogP contribution in [0.4, 0.5) is 0 Å². The van der Waals surface area contributed by atoms with E-state index in [4.69, 9.17) is 0 Å². The third-order valence-corrected chi connectivity index (χ3v) is 4.12. The van der Waals surface area contributed by atoms with Crippen molar-refractivity contribution >= 4 is 5.96 Å². The van der Waals surface area contributed by atoms with E-state index in [9.17, 15) is 5.11 Å². The smallest absolute Gasteiger partial charge is 0.191 e.